The Kier molecular flexibility index (Phi) is 3.58. The van der Waals surface area contributed by atoms with Crippen LogP contribution < -0.4 is 5.73 Å². The van der Waals surface area contributed by atoms with Crippen LogP contribution in [0.2, 0.25) is 0 Å². The first-order valence-corrected chi connectivity index (χ1v) is 6.63. The summed E-state index contributed by atoms with van der Waals surface area (Å²) in [6.07, 6.45) is 10.9. The van der Waals surface area contributed by atoms with Crippen molar-refractivity contribution in [2.24, 2.45) is 5.73 Å². The zero-order valence-electron chi connectivity index (χ0n) is 9.21. The van der Waals surface area contributed by atoms with Crippen molar-refractivity contribution in [2.75, 3.05) is 0 Å². The highest BCUT2D eigenvalue weighted by Gasteiger charge is 2.42. The molecule has 0 radical (unpaired) electrons. The summed E-state index contributed by atoms with van der Waals surface area (Å²) in [5, 5.41) is 9.19. The van der Waals surface area contributed by atoms with Gasteiger partial charge in [0.15, 0.2) is 0 Å². The second-order valence-corrected chi connectivity index (χ2v) is 5.79. The fourth-order valence-corrected chi connectivity index (χ4v) is 3.82. The van der Waals surface area contributed by atoms with Crippen LogP contribution in [0.4, 0.5) is 0 Å². The Bertz CT molecular complexity index is 463. The largest absolute Gasteiger partial charge is 0.497 e. The number of rotatable bonds is 5. The average Bonchev–Trinajstić information content (AvgIpc) is 3.09. The molecule has 1 saturated carbocycles. The van der Waals surface area contributed by atoms with Crippen LogP contribution in [0.1, 0.15) is 6.42 Å². The van der Waals surface area contributed by atoms with Crippen LogP contribution in [0.5, 0.6) is 0 Å². The predicted octanol–water partition coefficient (Wildman–Crippen LogP) is 1.32. The van der Waals surface area contributed by atoms with E-state index in [4.69, 9.17) is 15.9 Å². The molecule has 0 spiro atoms. The molecule has 2 aliphatic rings. The fraction of sp³-hybridized carbons (Fsp3) is 0.250. The molecule has 1 amide bonds. The number of hydrogen-bond acceptors (Lipinski definition) is 3. The molecule has 4 nitrogen and oxygen atoms in total. The summed E-state index contributed by atoms with van der Waals surface area (Å²) in [7, 11) is -0.230. The van der Waals surface area contributed by atoms with Crippen molar-refractivity contribution < 1.29 is 9.53 Å². The Morgan fingerprint density at radius 3 is 3.12 bits per heavy atom. The third-order valence-corrected chi connectivity index (χ3v) is 4.95. The first kappa shape index (κ1) is 11.9. The molecule has 1 heterocycles. The van der Waals surface area contributed by atoms with Crippen LogP contribution in [-0.4, -0.2) is 28.3 Å². The Balaban J connectivity index is 2.06. The average molecular weight is 250 g/mol. The quantitative estimate of drug-likeness (QED) is 0.438. The molecule has 90 valence electrons. The van der Waals surface area contributed by atoms with E-state index in [2.05, 4.69) is 0 Å². The molecule has 17 heavy (non-hydrogen) atoms. The van der Waals surface area contributed by atoms with E-state index in [9.17, 15) is 4.79 Å². The van der Waals surface area contributed by atoms with E-state index in [0.29, 0.717) is 10.1 Å². The molecule has 0 aromatic heterocycles. The highest BCUT2D eigenvalue weighted by Crippen LogP contribution is 2.45. The smallest absolute Gasteiger partial charge is 0.254 e. The Morgan fingerprint density at radius 1 is 1.59 bits per heavy atom. The van der Waals surface area contributed by atoms with Crippen molar-refractivity contribution >= 4 is 27.5 Å². The topological polar surface area (TPSA) is 76.2 Å². The van der Waals surface area contributed by atoms with Gasteiger partial charge in [-0.25, -0.2) is 0 Å². The summed E-state index contributed by atoms with van der Waals surface area (Å²) in [6, 6.07) is 0. The number of nitrogens with one attached hydrogen (secondary N) is 1. The molecular formula is C12H14N2O2S. The van der Waals surface area contributed by atoms with Crippen molar-refractivity contribution in [3.05, 3.63) is 36.0 Å². The minimum absolute atomic E-state index is 0.139. The summed E-state index contributed by atoms with van der Waals surface area (Å²) >= 11 is 0. The van der Waals surface area contributed by atoms with Gasteiger partial charge in [0, 0.05) is 17.9 Å². The summed E-state index contributed by atoms with van der Waals surface area (Å²) in [5.74, 6) is -0.352. The Morgan fingerprint density at radius 2 is 2.41 bits per heavy atom. The maximum Gasteiger partial charge on any atom is 0.254 e. The Hall–Kier alpha value is -1.62. The van der Waals surface area contributed by atoms with E-state index >= 15 is 0 Å². The highest BCUT2D eigenvalue weighted by molar-refractivity contribution is 8.20. The lowest BCUT2D eigenvalue weighted by molar-refractivity contribution is -0.111. The minimum atomic E-state index is -0.352. The van der Waals surface area contributed by atoms with Gasteiger partial charge >= 0.3 is 0 Å². The van der Waals surface area contributed by atoms with Gasteiger partial charge in [0.05, 0.1) is 11.1 Å². The maximum absolute atomic E-state index is 11.3. The van der Waals surface area contributed by atoms with E-state index in [1.807, 2.05) is 17.6 Å². The first-order valence-electron chi connectivity index (χ1n) is 5.28. The molecule has 5 heteroatoms. The van der Waals surface area contributed by atoms with E-state index in [0.717, 1.165) is 6.42 Å². The van der Waals surface area contributed by atoms with Crippen molar-refractivity contribution in [2.45, 2.75) is 17.8 Å². The molecule has 0 bridgehead atoms. The molecule has 1 aliphatic heterocycles. The summed E-state index contributed by atoms with van der Waals surface area (Å²) in [6.45, 7) is 0. The molecule has 1 aliphatic carbocycles. The van der Waals surface area contributed by atoms with Gasteiger partial charge in [0.25, 0.3) is 5.91 Å². The molecule has 3 N–H and O–H groups in total. The van der Waals surface area contributed by atoms with Crippen LogP contribution in [0, 0.1) is 5.41 Å². The molecule has 3 unspecified atom stereocenters. The lowest BCUT2D eigenvalue weighted by Crippen LogP contribution is -2.22. The second kappa shape index (κ2) is 5.14. The number of allylic oxidation sites excluding steroid dienone is 3. The molecule has 0 aromatic carbocycles. The predicted molar refractivity (Wildman–Crippen MR) is 71.3 cm³/mol. The van der Waals surface area contributed by atoms with Gasteiger partial charge in [-0.15, -0.1) is 10.5 Å². The fourth-order valence-electron chi connectivity index (χ4n) is 1.63. The number of carbonyl (C=O) groups is 1. The van der Waals surface area contributed by atoms with Gasteiger partial charge < -0.3 is 15.9 Å². The second-order valence-electron chi connectivity index (χ2n) is 3.73. The maximum atomic E-state index is 11.3. The molecule has 2 rings (SSSR count). The van der Waals surface area contributed by atoms with Gasteiger partial charge in [-0.05, 0) is 17.6 Å². The van der Waals surface area contributed by atoms with Gasteiger partial charge in [-0.2, -0.15) is 0 Å². The van der Waals surface area contributed by atoms with E-state index in [-0.39, 0.29) is 22.5 Å². The van der Waals surface area contributed by atoms with Crippen molar-refractivity contribution in [3.63, 3.8) is 0 Å². The zero-order chi connectivity index (χ0) is 12.3. The number of hydrogen-bond donors (Lipinski definition) is 2. The number of primary amides is 1. The molecule has 0 saturated heterocycles. The third kappa shape index (κ3) is 2.74. The standard InChI is InChI=1S/C12H14N2O2S/c13-5-3-6-16-9-8-11(9)17-7-2-1-4-10(17)12(14)15/h1-7,9,11,13H,8H2,(H2,14,15)/b6-3-,13-5?. The molecular weight excluding hydrogens is 236 g/mol. The lowest BCUT2D eigenvalue weighted by atomic mass is 10.3. The van der Waals surface area contributed by atoms with E-state index < -0.39 is 0 Å². The Labute approximate surface area is 102 Å². The molecule has 0 aromatic rings. The number of amides is 1. The van der Waals surface area contributed by atoms with Crippen molar-refractivity contribution in [1.82, 2.24) is 0 Å². The van der Waals surface area contributed by atoms with Crippen LogP contribution in [0.25, 0.3) is 0 Å². The van der Waals surface area contributed by atoms with Crippen molar-refractivity contribution in [1.29, 1.82) is 5.41 Å². The lowest BCUT2D eigenvalue weighted by Gasteiger charge is -2.10. The van der Waals surface area contributed by atoms with Crippen molar-refractivity contribution in [3.8, 4) is 0 Å². The van der Waals surface area contributed by atoms with Gasteiger partial charge in [-0.1, -0.05) is 12.2 Å². The van der Waals surface area contributed by atoms with Gasteiger partial charge in [0.2, 0.25) is 0 Å². The van der Waals surface area contributed by atoms with Crippen LogP contribution >= 0.6 is 10.5 Å². The number of nitrogens with two attached hydrogens (primary N) is 1. The van der Waals surface area contributed by atoms with Crippen LogP contribution in [0.15, 0.2) is 36.0 Å². The number of ether oxygens (including phenoxy) is 1. The monoisotopic (exact) mass is 250 g/mol. The van der Waals surface area contributed by atoms with Crippen LogP contribution in [0.3, 0.4) is 0 Å². The van der Waals surface area contributed by atoms with Crippen LogP contribution in [-0.2, 0) is 9.53 Å². The number of carbonyl (C=O) groups excluding carboxylic acids is 1. The van der Waals surface area contributed by atoms with Gasteiger partial charge in [0.1, 0.15) is 6.10 Å². The molecule has 1 fully saturated rings. The van der Waals surface area contributed by atoms with E-state index in [1.165, 1.54) is 18.6 Å². The highest BCUT2D eigenvalue weighted by atomic mass is 32.2. The van der Waals surface area contributed by atoms with E-state index in [1.54, 1.807) is 6.08 Å². The summed E-state index contributed by atoms with van der Waals surface area (Å²) in [4.78, 5) is 12.0. The summed E-state index contributed by atoms with van der Waals surface area (Å²) < 4.78 is 5.44. The zero-order valence-corrected chi connectivity index (χ0v) is 10.0. The first-order chi connectivity index (χ1) is 8.24. The van der Waals surface area contributed by atoms with Gasteiger partial charge in [-0.3, -0.25) is 4.79 Å². The SMILES string of the molecule is N=C/C=C\OC1CC1S1=C(C(N)=O)C=CC=C1. The minimum Gasteiger partial charge on any atom is -0.497 e. The normalized spacial score (nSPS) is 30.6. The molecule has 3 atom stereocenters. The third-order valence-electron chi connectivity index (χ3n) is 2.51. The summed E-state index contributed by atoms with van der Waals surface area (Å²) in [5.41, 5.74) is 5.35.